The van der Waals surface area contributed by atoms with Crippen molar-refractivity contribution in [2.75, 3.05) is 11.1 Å². The fourth-order valence-electron chi connectivity index (χ4n) is 2.77. The van der Waals surface area contributed by atoms with Crippen LogP contribution in [0.5, 0.6) is 0 Å². The Kier molecular flexibility index (Phi) is 7.09. The maximum atomic E-state index is 13.7. The van der Waals surface area contributed by atoms with Crippen LogP contribution in [0.2, 0.25) is 10.0 Å². The van der Waals surface area contributed by atoms with Gasteiger partial charge in [-0.1, -0.05) is 23.2 Å². The van der Waals surface area contributed by atoms with Crippen molar-refractivity contribution in [3.63, 3.8) is 0 Å². The molecule has 35 heavy (non-hydrogen) atoms. The number of aryl methyl sites for hydroxylation is 1. The van der Waals surface area contributed by atoms with Crippen LogP contribution in [0.1, 0.15) is 17.0 Å². The molecule has 0 saturated carbocycles. The van der Waals surface area contributed by atoms with Gasteiger partial charge in [-0.3, -0.25) is 0 Å². The topological polar surface area (TPSA) is 68.8 Å². The van der Waals surface area contributed by atoms with Crippen molar-refractivity contribution in [1.29, 1.82) is 0 Å². The molecule has 3 aromatic rings. The molecule has 1 aromatic carbocycles. The Balaban J connectivity index is 2.35. The molecule has 0 aliphatic carbocycles. The summed E-state index contributed by atoms with van der Waals surface area (Å²) in [4.78, 5) is 2.50. The number of pyridine rings is 1. The maximum Gasteiger partial charge on any atom is 0.446 e. The molecule has 2 aromatic heterocycles. The van der Waals surface area contributed by atoms with Gasteiger partial charge in [0.15, 0.2) is 5.69 Å². The third-order valence-electron chi connectivity index (χ3n) is 4.26. The zero-order valence-electron chi connectivity index (χ0n) is 16.8. The van der Waals surface area contributed by atoms with Crippen molar-refractivity contribution in [2.45, 2.75) is 29.7 Å². The highest BCUT2D eigenvalue weighted by Gasteiger charge is 2.45. The van der Waals surface area contributed by atoms with Crippen LogP contribution in [-0.4, -0.2) is 20.3 Å². The predicted octanol–water partition coefficient (Wildman–Crippen LogP) is 7.86. The molecule has 2 heterocycles. The minimum absolute atomic E-state index is 0.179. The Labute approximate surface area is 204 Å². The fourth-order valence-corrected chi connectivity index (χ4v) is 4.13. The highest BCUT2D eigenvalue weighted by atomic mass is 35.5. The molecule has 0 fully saturated rings. The van der Waals surface area contributed by atoms with E-state index in [1.807, 2.05) is 0 Å². The Morgan fingerprint density at radius 2 is 1.51 bits per heavy atom. The van der Waals surface area contributed by atoms with Crippen LogP contribution in [-0.2, 0) is 12.4 Å². The molecule has 0 bridgehead atoms. The normalized spacial score (nSPS) is 12.8. The number of benzene rings is 1. The van der Waals surface area contributed by atoms with Crippen LogP contribution < -0.4 is 11.1 Å². The number of aromatic nitrogens is 3. The molecule has 0 spiro atoms. The Hall–Kier alpha value is -2.52. The summed E-state index contributed by atoms with van der Waals surface area (Å²) in [5, 5.41) is 3.84. The van der Waals surface area contributed by atoms with Crippen molar-refractivity contribution in [2.24, 2.45) is 0 Å². The number of nitrogens with one attached hydrogen (secondary N) is 1. The lowest BCUT2D eigenvalue weighted by molar-refractivity contribution is -0.143. The van der Waals surface area contributed by atoms with Crippen molar-refractivity contribution in [1.82, 2.24) is 14.8 Å². The zero-order chi connectivity index (χ0) is 26.5. The van der Waals surface area contributed by atoms with Gasteiger partial charge < -0.3 is 11.1 Å². The van der Waals surface area contributed by atoms with Crippen LogP contribution in [0.4, 0.5) is 56.8 Å². The summed E-state index contributed by atoms with van der Waals surface area (Å²) in [5.41, 5.74) is -3.26. The number of alkyl halides is 9. The van der Waals surface area contributed by atoms with Gasteiger partial charge >= 0.3 is 17.9 Å². The third-order valence-corrected chi connectivity index (χ3v) is 5.66. The van der Waals surface area contributed by atoms with E-state index in [1.54, 1.807) is 0 Å². The molecule has 0 saturated heterocycles. The Morgan fingerprint density at radius 3 is 1.97 bits per heavy atom. The molecule has 5 nitrogen and oxygen atoms in total. The first-order valence-corrected chi connectivity index (χ1v) is 10.5. The molecule has 0 atom stereocenters. The molecule has 17 heteroatoms. The van der Waals surface area contributed by atoms with E-state index in [-0.39, 0.29) is 21.9 Å². The van der Waals surface area contributed by atoms with Gasteiger partial charge in [0.05, 0.1) is 31.9 Å². The second kappa shape index (κ2) is 9.17. The molecule has 0 aliphatic heterocycles. The smallest absolute Gasteiger partial charge is 0.397 e. The second-order valence-electron chi connectivity index (χ2n) is 6.77. The quantitative estimate of drug-likeness (QED) is 0.247. The standard InChI is InChI=1S/C18H10Cl2F9N5S/c1-6-10(30)2-3-11(31-6)32-15-13(35-18(27,28)29)14(17(24,25)26)33-34(15)12-8(19)4-7(5-9(12)20)16(21,22)23/h2-5H,30H2,1H3,(H,31,32). The van der Waals surface area contributed by atoms with Crippen LogP contribution in [0.3, 0.4) is 0 Å². The number of nitrogens with two attached hydrogens (primary N) is 1. The van der Waals surface area contributed by atoms with Gasteiger partial charge in [0.1, 0.15) is 17.3 Å². The van der Waals surface area contributed by atoms with Crippen molar-refractivity contribution >= 4 is 52.3 Å². The highest BCUT2D eigenvalue weighted by molar-refractivity contribution is 8.00. The lowest BCUT2D eigenvalue weighted by Crippen LogP contribution is -2.10. The number of nitrogen functional groups attached to an aromatic ring is 1. The first kappa shape index (κ1) is 27.1. The first-order chi connectivity index (χ1) is 15.9. The van der Waals surface area contributed by atoms with E-state index in [0.29, 0.717) is 12.1 Å². The predicted molar refractivity (Wildman–Crippen MR) is 112 cm³/mol. The average molecular weight is 570 g/mol. The van der Waals surface area contributed by atoms with E-state index in [0.717, 1.165) is 6.07 Å². The summed E-state index contributed by atoms with van der Waals surface area (Å²) in [6.07, 6.45) is -10.3. The number of hydrogen-bond donors (Lipinski definition) is 2. The molecule has 0 unspecified atom stereocenters. The molecule has 190 valence electrons. The second-order valence-corrected chi connectivity index (χ2v) is 8.66. The zero-order valence-corrected chi connectivity index (χ0v) is 19.1. The number of rotatable bonds is 4. The molecule has 3 N–H and O–H groups in total. The molecule has 0 amide bonds. The summed E-state index contributed by atoms with van der Waals surface area (Å²) >= 11 is 10.6. The highest BCUT2D eigenvalue weighted by Crippen LogP contribution is 2.49. The van der Waals surface area contributed by atoms with Gasteiger partial charge in [0.25, 0.3) is 0 Å². The van der Waals surface area contributed by atoms with E-state index >= 15 is 0 Å². The summed E-state index contributed by atoms with van der Waals surface area (Å²) in [7, 11) is 0. The van der Waals surface area contributed by atoms with E-state index in [9.17, 15) is 39.5 Å². The Bertz CT molecular complexity index is 1250. The van der Waals surface area contributed by atoms with Gasteiger partial charge in [-0.15, -0.1) is 0 Å². The van der Waals surface area contributed by atoms with Crippen LogP contribution >= 0.6 is 35.0 Å². The van der Waals surface area contributed by atoms with E-state index < -0.39 is 67.3 Å². The van der Waals surface area contributed by atoms with Crippen LogP contribution in [0.15, 0.2) is 29.2 Å². The first-order valence-electron chi connectivity index (χ1n) is 8.91. The molecule has 0 aliphatic rings. The number of anilines is 3. The number of nitrogens with zero attached hydrogens (tertiary/aromatic N) is 3. The molecular weight excluding hydrogens is 560 g/mol. The van der Waals surface area contributed by atoms with Crippen molar-refractivity contribution < 1.29 is 39.5 Å². The minimum atomic E-state index is -5.40. The maximum absolute atomic E-state index is 13.7. The number of halogens is 11. The summed E-state index contributed by atoms with van der Waals surface area (Å²) < 4.78 is 120. The van der Waals surface area contributed by atoms with E-state index in [2.05, 4.69) is 15.4 Å². The monoisotopic (exact) mass is 569 g/mol. The van der Waals surface area contributed by atoms with Gasteiger partial charge in [0.2, 0.25) is 0 Å². The molecular formula is C18H10Cl2F9N5S. The van der Waals surface area contributed by atoms with Gasteiger partial charge in [-0.25, -0.2) is 9.67 Å². The molecule has 0 radical (unpaired) electrons. The lowest BCUT2D eigenvalue weighted by Gasteiger charge is -2.16. The molecule has 3 rings (SSSR count). The van der Waals surface area contributed by atoms with Gasteiger partial charge in [-0.2, -0.15) is 44.6 Å². The summed E-state index contributed by atoms with van der Waals surface area (Å²) in [5.74, 6) is -1.19. The Morgan fingerprint density at radius 1 is 0.943 bits per heavy atom. The average Bonchev–Trinajstić information content (AvgIpc) is 3.00. The summed E-state index contributed by atoms with van der Waals surface area (Å²) in [6, 6.07) is 3.14. The number of thioether (sulfide) groups is 1. The van der Waals surface area contributed by atoms with E-state index in [4.69, 9.17) is 28.9 Å². The van der Waals surface area contributed by atoms with Gasteiger partial charge in [-0.05, 0) is 43.0 Å². The summed E-state index contributed by atoms with van der Waals surface area (Å²) in [6.45, 7) is 1.42. The van der Waals surface area contributed by atoms with E-state index in [1.165, 1.54) is 13.0 Å². The minimum Gasteiger partial charge on any atom is -0.397 e. The van der Waals surface area contributed by atoms with Gasteiger partial charge in [0, 0.05) is 0 Å². The lowest BCUT2D eigenvalue weighted by atomic mass is 10.2. The fraction of sp³-hybridized carbons (Fsp3) is 0.222. The van der Waals surface area contributed by atoms with Crippen LogP contribution in [0, 0.1) is 6.92 Å². The number of hydrogen-bond acceptors (Lipinski definition) is 5. The van der Waals surface area contributed by atoms with Crippen LogP contribution in [0.25, 0.3) is 5.69 Å². The third kappa shape index (κ3) is 6.01. The largest absolute Gasteiger partial charge is 0.446 e. The van der Waals surface area contributed by atoms with Crippen molar-refractivity contribution in [3.8, 4) is 5.69 Å². The van der Waals surface area contributed by atoms with Crippen molar-refractivity contribution in [3.05, 3.63) is 51.3 Å². The SMILES string of the molecule is Cc1nc(Nc2c(SC(F)(F)F)c(C(F)(F)F)nn2-c2c(Cl)cc(C(F)(F)F)cc2Cl)ccc1N.